The highest BCUT2D eigenvalue weighted by Gasteiger charge is 2.11. The van der Waals surface area contributed by atoms with E-state index in [2.05, 4.69) is 15.5 Å². The first kappa shape index (κ1) is 14.8. The lowest BCUT2D eigenvalue weighted by Crippen LogP contribution is -2.35. The van der Waals surface area contributed by atoms with Gasteiger partial charge in [-0.3, -0.25) is 0 Å². The number of amides is 2. The molecule has 1 aromatic rings. The van der Waals surface area contributed by atoms with E-state index < -0.39 is 6.10 Å². The van der Waals surface area contributed by atoms with Crippen LogP contribution in [0.25, 0.3) is 0 Å². The number of anilines is 1. The van der Waals surface area contributed by atoms with Crippen LogP contribution in [0.15, 0.2) is 24.3 Å². The number of likely N-dealkylation sites (tertiary alicyclic amines) is 1. The Morgan fingerprint density at radius 3 is 2.85 bits per heavy atom. The molecular formula is C15H23N3O2. The second-order valence-electron chi connectivity index (χ2n) is 5.23. The average molecular weight is 277 g/mol. The van der Waals surface area contributed by atoms with Crippen LogP contribution in [0, 0.1) is 0 Å². The van der Waals surface area contributed by atoms with Crippen molar-refractivity contribution in [1.29, 1.82) is 0 Å². The first-order valence-electron chi connectivity index (χ1n) is 7.20. The summed E-state index contributed by atoms with van der Waals surface area (Å²) in [7, 11) is 0. The molecule has 1 saturated heterocycles. The normalized spacial score (nSPS) is 16.9. The van der Waals surface area contributed by atoms with Crippen molar-refractivity contribution in [3.63, 3.8) is 0 Å². The van der Waals surface area contributed by atoms with Crippen molar-refractivity contribution in [2.45, 2.75) is 25.9 Å². The third kappa shape index (κ3) is 4.51. The van der Waals surface area contributed by atoms with Crippen LogP contribution < -0.4 is 10.6 Å². The molecule has 1 unspecified atom stereocenters. The number of hydrogen-bond acceptors (Lipinski definition) is 3. The lowest BCUT2D eigenvalue weighted by molar-refractivity contribution is 0.199. The van der Waals surface area contributed by atoms with Crippen LogP contribution in [-0.4, -0.2) is 42.2 Å². The van der Waals surface area contributed by atoms with Gasteiger partial charge >= 0.3 is 6.03 Å². The summed E-state index contributed by atoms with van der Waals surface area (Å²) in [6, 6.07) is 7.05. The summed E-state index contributed by atoms with van der Waals surface area (Å²) in [6.07, 6.45) is 1.99. The van der Waals surface area contributed by atoms with Gasteiger partial charge in [0, 0.05) is 18.8 Å². The molecule has 0 spiro atoms. The summed E-state index contributed by atoms with van der Waals surface area (Å²) < 4.78 is 0. The molecule has 0 saturated carbocycles. The van der Waals surface area contributed by atoms with Crippen LogP contribution in [0.3, 0.4) is 0 Å². The summed E-state index contributed by atoms with van der Waals surface area (Å²) in [5.41, 5.74) is 1.49. The molecule has 0 aromatic heterocycles. The molecule has 1 fully saturated rings. The molecule has 3 N–H and O–H groups in total. The quantitative estimate of drug-likeness (QED) is 0.771. The van der Waals surface area contributed by atoms with Crippen LogP contribution in [0.1, 0.15) is 31.4 Å². The zero-order valence-electron chi connectivity index (χ0n) is 11.9. The van der Waals surface area contributed by atoms with Gasteiger partial charge in [-0.1, -0.05) is 12.1 Å². The molecule has 0 bridgehead atoms. The maximum absolute atomic E-state index is 11.8. The number of hydrogen-bond donors (Lipinski definition) is 3. The second-order valence-corrected chi connectivity index (χ2v) is 5.23. The van der Waals surface area contributed by atoms with Crippen molar-refractivity contribution >= 4 is 11.7 Å². The minimum atomic E-state index is -0.532. The lowest BCUT2D eigenvalue weighted by Gasteiger charge is -2.15. The molecule has 0 aliphatic carbocycles. The molecule has 0 radical (unpaired) electrons. The van der Waals surface area contributed by atoms with E-state index in [1.54, 1.807) is 13.0 Å². The summed E-state index contributed by atoms with van der Waals surface area (Å²) >= 11 is 0. The summed E-state index contributed by atoms with van der Waals surface area (Å²) in [4.78, 5) is 14.1. The summed E-state index contributed by atoms with van der Waals surface area (Å²) in [5.74, 6) is 0. The fraction of sp³-hybridized carbons (Fsp3) is 0.533. The Labute approximate surface area is 120 Å². The predicted octanol–water partition coefficient (Wildman–Crippen LogP) is 1.96. The Kier molecular flexibility index (Phi) is 5.38. The molecule has 2 amide bonds. The average Bonchev–Trinajstić information content (AvgIpc) is 2.92. The lowest BCUT2D eigenvalue weighted by atomic mass is 10.1. The third-order valence-electron chi connectivity index (χ3n) is 3.54. The van der Waals surface area contributed by atoms with Crippen LogP contribution >= 0.6 is 0 Å². The predicted molar refractivity (Wildman–Crippen MR) is 79.8 cm³/mol. The van der Waals surface area contributed by atoms with Gasteiger partial charge < -0.3 is 20.6 Å². The topological polar surface area (TPSA) is 64.6 Å². The Morgan fingerprint density at radius 2 is 2.15 bits per heavy atom. The van der Waals surface area contributed by atoms with E-state index in [0.29, 0.717) is 12.2 Å². The number of aliphatic hydroxyl groups excluding tert-OH is 1. The second kappa shape index (κ2) is 7.26. The number of nitrogens with zero attached hydrogens (tertiary/aromatic N) is 1. The zero-order chi connectivity index (χ0) is 14.4. The van der Waals surface area contributed by atoms with Gasteiger partial charge in [-0.15, -0.1) is 0 Å². The molecule has 5 nitrogen and oxygen atoms in total. The first-order valence-corrected chi connectivity index (χ1v) is 7.20. The fourth-order valence-corrected chi connectivity index (χ4v) is 2.39. The Bertz CT molecular complexity index is 442. The maximum Gasteiger partial charge on any atom is 0.319 e. The Morgan fingerprint density at radius 1 is 1.40 bits per heavy atom. The van der Waals surface area contributed by atoms with Gasteiger partial charge in [0.15, 0.2) is 0 Å². The third-order valence-corrected chi connectivity index (χ3v) is 3.54. The maximum atomic E-state index is 11.8. The van der Waals surface area contributed by atoms with Gasteiger partial charge in [0.25, 0.3) is 0 Å². The minimum absolute atomic E-state index is 0.202. The number of rotatable bonds is 5. The summed E-state index contributed by atoms with van der Waals surface area (Å²) in [5, 5.41) is 15.1. The van der Waals surface area contributed by atoms with Crippen LogP contribution in [0.2, 0.25) is 0 Å². The van der Waals surface area contributed by atoms with E-state index in [1.165, 1.54) is 12.8 Å². The van der Waals surface area contributed by atoms with E-state index in [1.807, 2.05) is 18.2 Å². The van der Waals surface area contributed by atoms with Gasteiger partial charge in [0.05, 0.1) is 6.10 Å². The van der Waals surface area contributed by atoms with Crippen LogP contribution in [0.4, 0.5) is 10.5 Å². The number of urea groups is 1. The number of aliphatic hydroxyl groups is 1. The smallest absolute Gasteiger partial charge is 0.319 e. The molecule has 1 atom stereocenters. The zero-order valence-corrected chi connectivity index (χ0v) is 11.9. The van der Waals surface area contributed by atoms with Gasteiger partial charge in [0.2, 0.25) is 0 Å². The molecule has 1 aromatic carbocycles. The van der Waals surface area contributed by atoms with Crippen molar-refractivity contribution in [3.8, 4) is 0 Å². The van der Waals surface area contributed by atoms with E-state index >= 15 is 0 Å². The number of benzene rings is 1. The molecule has 110 valence electrons. The van der Waals surface area contributed by atoms with E-state index in [4.69, 9.17) is 0 Å². The fourth-order valence-electron chi connectivity index (χ4n) is 2.39. The number of nitrogens with one attached hydrogen (secondary N) is 2. The van der Waals surface area contributed by atoms with Gasteiger partial charge in [-0.05, 0) is 50.6 Å². The van der Waals surface area contributed by atoms with Crippen LogP contribution in [0.5, 0.6) is 0 Å². The molecular weight excluding hydrogens is 254 g/mol. The molecule has 5 heteroatoms. The van der Waals surface area contributed by atoms with Gasteiger partial charge in [-0.2, -0.15) is 0 Å². The van der Waals surface area contributed by atoms with E-state index in [0.717, 1.165) is 25.2 Å². The van der Waals surface area contributed by atoms with Gasteiger partial charge in [-0.25, -0.2) is 4.79 Å². The highest BCUT2D eigenvalue weighted by molar-refractivity contribution is 5.89. The monoisotopic (exact) mass is 277 g/mol. The molecule has 1 heterocycles. The number of carbonyl (C=O) groups excluding carboxylic acids is 1. The van der Waals surface area contributed by atoms with Crippen molar-refractivity contribution in [2.75, 3.05) is 31.5 Å². The first-order chi connectivity index (χ1) is 9.65. The highest BCUT2D eigenvalue weighted by Crippen LogP contribution is 2.16. The van der Waals surface area contributed by atoms with Crippen molar-refractivity contribution in [2.24, 2.45) is 0 Å². The van der Waals surface area contributed by atoms with Crippen molar-refractivity contribution in [1.82, 2.24) is 10.2 Å². The highest BCUT2D eigenvalue weighted by atomic mass is 16.3. The molecule has 1 aliphatic rings. The summed E-state index contributed by atoms with van der Waals surface area (Å²) in [6.45, 7) is 5.54. The molecule has 1 aliphatic heterocycles. The largest absolute Gasteiger partial charge is 0.389 e. The molecule has 20 heavy (non-hydrogen) atoms. The number of carbonyl (C=O) groups is 1. The Balaban J connectivity index is 1.74. The van der Waals surface area contributed by atoms with Crippen molar-refractivity contribution < 1.29 is 9.90 Å². The van der Waals surface area contributed by atoms with E-state index in [-0.39, 0.29) is 6.03 Å². The van der Waals surface area contributed by atoms with Crippen LogP contribution in [-0.2, 0) is 0 Å². The van der Waals surface area contributed by atoms with Crippen molar-refractivity contribution in [3.05, 3.63) is 29.8 Å². The van der Waals surface area contributed by atoms with Gasteiger partial charge in [0.1, 0.15) is 0 Å². The van der Waals surface area contributed by atoms with E-state index in [9.17, 15) is 9.90 Å². The minimum Gasteiger partial charge on any atom is -0.389 e. The standard InChI is InChI=1S/C15H23N3O2/c1-12(19)13-5-4-6-14(11-13)17-15(20)16-7-10-18-8-2-3-9-18/h4-6,11-12,19H,2-3,7-10H2,1H3,(H2,16,17,20). The molecule has 2 rings (SSSR count). The SMILES string of the molecule is CC(O)c1cccc(NC(=O)NCCN2CCCC2)c1. The Hall–Kier alpha value is -1.59.